The number of ether oxygens (including phenoxy) is 2. The van der Waals surface area contributed by atoms with Gasteiger partial charge in [-0.3, -0.25) is 0 Å². The molecule has 1 aromatic heterocycles. The van der Waals surface area contributed by atoms with E-state index in [2.05, 4.69) is 30.6 Å². The zero-order valence-corrected chi connectivity index (χ0v) is 19.8. The average Bonchev–Trinajstić information content (AvgIpc) is 3.32. The van der Waals surface area contributed by atoms with E-state index in [-0.39, 0.29) is 30.0 Å². The Kier molecular flexibility index (Phi) is 8.23. The molecule has 0 saturated carbocycles. The second-order valence-corrected chi connectivity index (χ2v) is 10.0. The van der Waals surface area contributed by atoms with E-state index in [4.69, 9.17) is 26.5 Å². The van der Waals surface area contributed by atoms with Gasteiger partial charge in [0.05, 0.1) is 48.9 Å². The Morgan fingerprint density at radius 3 is 2.59 bits per heavy atom. The molecule has 11 nitrogen and oxygen atoms in total. The first-order valence-electron chi connectivity index (χ1n) is 10.2. The monoisotopic (exact) mass is 527 g/mol. The van der Waals surface area contributed by atoms with Gasteiger partial charge in [-0.1, -0.05) is 18.5 Å². The van der Waals surface area contributed by atoms with E-state index in [0.29, 0.717) is 5.70 Å². The molecule has 0 spiro atoms. The summed E-state index contributed by atoms with van der Waals surface area (Å²) in [5.74, 6) is -2.67. The number of nitrogens with one attached hydrogen (secondary N) is 5. The van der Waals surface area contributed by atoms with Crippen LogP contribution in [0.1, 0.15) is 6.92 Å². The smallest absolute Gasteiger partial charge is 0.392 e. The molecule has 34 heavy (non-hydrogen) atoms. The largest absolute Gasteiger partial charge is 0.392 e. The molecular weight excluding hydrogens is 503 g/mol. The number of alkyl halides is 3. The summed E-state index contributed by atoms with van der Waals surface area (Å²) in [6.07, 6.45) is -1.93. The second kappa shape index (κ2) is 10.6. The predicted octanol–water partition coefficient (Wildman–Crippen LogP) is 1.32. The number of hydrogen-bond donors (Lipinski definition) is 5. The van der Waals surface area contributed by atoms with Gasteiger partial charge in [-0.2, -0.15) is 18.2 Å². The van der Waals surface area contributed by atoms with E-state index in [1.165, 1.54) is 12.4 Å². The quantitative estimate of drug-likeness (QED) is 0.284. The van der Waals surface area contributed by atoms with Gasteiger partial charge in [0.1, 0.15) is 17.2 Å². The third-order valence-corrected chi connectivity index (χ3v) is 7.07. The predicted molar refractivity (Wildman–Crippen MR) is 119 cm³/mol. The number of halogens is 4. The van der Waals surface area contributed by atoms with Gasteiger partial charge in [0, 0.05) is 19.5 Å². The molecule has 0 aromatic carbocycles. The van der Waals surface area contributed by atoms with Crippen LogP contribution in [0.5, 0.6) is 0 Å². The standard InChI is InChI=1S/C18H25ClF3N7O4S/c1-9(18(20,21)22)8-34(30,31)29-13-7-33-14-12(6-32-15(13)14)27-16-11(19)5-25-17(28-16)26-10(3-23)4-24-2/h3-5,9,12-15,23-24,29H,6-8H2,1-2H3,(H2,25,26,27,28)/b10-4+,23-3?. The number of sulfonamides is 1. The van der Waals surface area contributed by atoms with E-state index in [1.807, 2.05) is 0 Å². The van der Waals surface area contributed by atoms with Gasteiger partial charge in [0.15, 0.2) is 5.82 Å². The molecule has 190 valence electrons. The Morgan fingerprint density at radius 2 is 1.97 bits per heavy atom. The lowest BCUT2D eigenvalue weighted by molar-refractivity contribution is -0.163. The fourth-order valence-electron chi connectivity index (χ4n) is 3.53. The van der Waals surface area contributed by atoms with Gasteiger partial charge in [-0.05, 0) is 0 Å². The van der Waals surface area contributed by atoms with Crippen LogP contribution in [0.25, 0.3) is 0 Å². The maximum Gasteiger partial charge on any atom is 0.392 e. The Balaban J connectivity index is 1.64. The first-order chi connectivity index (χ1) is 15.9. The number of anilines is 2. The molecule has 5 atom stereocenters. The van der Waals surface area contributed by atoms with Gasteiger partial charge in [0.25, 0.3) is 0 Å². The van der Waals surface area contributed by atoms with Crippen LogP contribution in [-0.2, 0) is 19.5 Å². The molecule has 0 bridgehead atoms. The minimum atomic E-state index is -4.62. The van der Waals surface area contributed by atoms with Crippen LogP contribution in [0.4, 0.5) is 24.9 Å². The molecule has 5 N–H and O–H groups in total. The van der Waals surface area contributed by atoms with E-state index in [1.54, 1.807) is 7.05 Å². The van der Waals surface area contributed by atoms with Crippen molar-refractivity contribution < 1.29 is 31.1 Å². The maximum atomic E-state index is 12.8. The minimum Gasteiger partial charge on any atom is -0.392 e. The van der Waals surface area contributed by atoms with Gasteiger partial charge in [-0.15, -0.1) is 0 Å². The van der Waals surface area contributed by atoms with Crippen LogP contribution in [0.2, 0.25) is 5.02 Å². The Bertz CT molecular complexity index is 1030. The van der Waals surface area contributed by atoms with Crippen molar-refractivity contribution in [2.45, 2.75) is 37.4 Å². The number of rotatable bonds is 10. The van der Waals surface area contributed by atoms with Crippen LogP contribution >= 0.6 is 11.6 Å². The van der Waals surface area contributed by atoms with Gasteiger partial charge in [-0.25, -0.2) is 18.1 Å². The lowest BCUT2D eigenvalue weighted by Crippen LogP contribution is -2.46. The molecule has 0 amide bonds. The van der Waals surface area contributed by atoms with Crippen molar-refractivity contribution in [3.63, 3.8) is 0 Å². The molecule has 3 heterocycles. The highest BCUT2D eigenvalue weighted by Crippen LogP contribution is 2.32. The molecule has 0 radical (unpaired) electrons. The lowest BCUT2D eigenvalue weighted by Gasteiger charge is -2.20. The molecular formula is C18H25ClF3N7O4S. The zero-order chi connectivity index (χ0) is 25.1. The highest BCUT2D eigenvalue weighted by atomic mass is 35.5. The SMILES string of the molecule is CN/C=C(\C=N)Nc1ncc(Cl)c(NC2COC3C(NS(=O)(=O)CC(C)C(F)(F)F)COC23)n1. The van der Waals surface area contributed by atoms with E-state index >= 15 is 0 Å². The zero-order valence-electron chi connectivity index (χ0n) is 18.2. The molecule has 0 aliphatic carbocycles. The summed E-state index contributed by atoms with van der Waals surface area (Å²) >= 11 is 6.20. The third-order valence-electron chi connectivity index (χ3n) is 5.19. The van der Waals surface area contributed by atoms with E-state index in [0.717, 1.165) is 13.1 Å². The van der Waals surface area contributed by atoms with Crippen LogP contribution in [-0.4, -0.2) is 81.1 Å². The van der Waals surface area contributed by atoms with Crippen molar-refractivity contribution in [3.8, 4) is 0 Å². The van der Waals surface area contributed by atoms with Crippen LogP contribution in [0, 0.1) is 11.3 Å². The molecule has 1 aromatic rings. The molecule has 2 fully saturated rings. The first kappa shape index (κ1) is 26.4. The summed E-state index contributed by atoms with van der Waals surface area (Å²) in [6.45, 7) is 0.878. The van der Waals surface area contributed by atoms with Crippen molar-refractivity contribution in [3.05, 3.63) is 23.1 Å². The Labute approximate surface area is 199 Å². The molecule has 2 aliphatic rings. The van der Waals surface area contributed by atoms with Crippen molar-refractivity contribution in [2.75, 3.05) is 36.6 Å². The number of nitrogens with zero attached hydrogens (tertiary/aromatic N) is 2. The van der Waals surface area contributed by atoms with Crippen LogP contribution in [0.3, 0.4) is 0 Å². The molecule has 16 heteroatoms. The topological polar surface area (TPSA) is 150 Å². The van der Waals surface area contributed by atoms with E-state index < -0.39 is 52.2 Å². The number of aromatic nitrogens is 2. The van der Waals surface area contributed by atoms with Crippen LogP contribution in [0.15, 0.2) is 18.1 Å². The van der Waals surface area contributed by atoms with Crippen molar-refractivity contribution in [1.29, 1.82) is 5.41 Å². The fraction of sp³-hybridized carbons (Fsp3) is 0.611. The van der Waals surface area contributed by atoms with Gasteiger partial charge in [0.2, 0.25) is 16.0 Å². The summed E-state index contributed by atoms with van der Waals surface area (Å²) in [5.41, 5.74) is 0.397. The Morgan fingerprint density at radius 1 is 1.32 bits per heavy atom. The van der Waals surface area contributed by atoms with Crippen molar-refractivity contribution in [2.24, 2.45) is 5.92 Å². The molecule has 2 aliphatic heterocycles. The molecule has 5 unspecified atom stereocenters. The summed E-state index contributed by atoms with van der Waals surface area (Å²) in [4.78, 5) is 8.35. The van der Waals surface area contributed by atoms with Crippen molar-refractivity contribution in [1.82, 2.24) is 20.0 Å². The number of allylic oxidation sites excluding steroid dienone is 1. The summed E-state index contributed by atoms with van der Waals surface area (Å²) in [6, 6.07) is -1.29. The lowest BCUT2D eigenvalue weighted by atomic mass is 10.1. The number of hydrogen-bond acceptors (Lipinski definition) is 10. The second-order valence-electron chi connectivity index (χ2n) is 7.84. The first-order valence-corrected chi connectivity index (χ1v) is 12.2. The van der Waals surface area contributed by atoms with Gasteiger partial charge >= 0.3 is 6.18 Å². The average molecular weight is 528 g/mol. The summed E-state index contributed by atoms with van der Waals surface area (Å²) in [5, 5.41) is 16.3. The fourth-order valence-corrected chi connectivity index (χ4v) is 5.28. The molecule has 2 saturated heterocycles. The van der Waals surface area contributed by atoms with E-state index in [9.17, 15) is 21.6 Å². The highest BCUT2D eigenvalue weighted by molar-refractivity contribution is 7.89. The summed E-state index contributed by atoms with van der Waals surface area (Å²) in [7, 11) is -2.55. The maximum absolute atomic E-state index is 12.8. The third kappa shape index (κ3) is 6.47. The normalized spacial score (nSPS) is 26.1. The molecule has 3 rings (SSSR count). The number of fused-ring (bicyclic) bond motifs is 1. The minimum absolute atomic E-state index is 0.0606. The van der Waals surface area contributed by atoms with Gasteiger partial charge < -0.3 is 30.8 Å². The highest BCUT2D eigenvalue weighted by Gasteiger charge is 2.49. The summed E-state index contributed by atoms with van der Waals surface area (Å²) < 4.78 is 76.4. The Hall–Kier alpha value is -2.20. The van der Waals surface area contributed by atoms with Crippen molar-refractivity contribution >= 4 is 39.6 Å². The van der Waals surface area contributed by atoms with Crippen LogP contribution < -0.4 is 20.7 Å².